The van der Waals surface area contributed by atoms with Crippen LogP contribution in [0, 0.1) is 0 Å². The van der Waals surface area contributed by atoms with E-state index in [9.17, 15) is 13.2 Å². The molecule has 0 unspecified atom stereocenters. The van der Waals surface area contributed by atoms with Crippen LogP contribution >= 0.6 is 23.8 Å². The lowest BCUT2D eigenvalue weighted by Crippen LogP contribution is -2.34. The van der Waals surface area contributed by atoms with Crippen molar-refractivity contribution in [3.63, 3.8) is 0 Å². The highest BCUT2D eigenvalue weighted by Gasteiger charge is 2.26. The smallest absolute Gasteiger partial charge is 0.257 e. The minimum atomic E-state index is -3.45. The van der Waals surface area contributed by atoms with Crippen LogP contribution < -0.4 is 10.6 Å². The van der Waals surface area contributed by atoms with Crippen molar-refractivity contribution >= 4 is 50.5 Å². The number of carbonyl (C=O) groups is 1. The lowest BCUT2D eigenvalue weighted by Gasteiger charge is -2.16. The number of anilines is 1. The number of sulfonamides is 1. The van der Waals surface area contributed by atoms with Gasteiger partial charge in [-0.15, -0.1) is 0 Å². The quantitative estimate of drug-likeness (QED) is 0.738. The van der Waals surface area contributed by atoms with Gasteiger partial charge in [-0.2, -0.15) is 4.31 Å². The van der Waals surface area contributed by atoms with Crippen LogP contribution in [0.4, 0.5) is 5.69 Å². The number of carbonyl (C=O) groups excluding carboxylic acids is 1. The first kappa shape index (κ1) is 19.8. The largest absolute Gasteiger partial charge is 0.332 e. The molecule has 9 heteroatoms. The maximum atomic E-state index is 12.5. The van der Waals surface area contributed by atoms with E-state index in [0.717, 1.165) is 12.8 Å². The summed E-state index contributed by atoms with van der Waals surface area (Å²) in [5.41, 5.74) is 1.01. The Morgan fingerprint density at radius 3 is 2.19 bits per heavy atom. The lowest BCUT2D eigenvalue weighted by atomic mass is 10.2. The van der Waals surface area contributed by atoms with Gasteiger partial charge in [0.2, 0.25) is 10.0 Å². The summed E-state index contributed by atoms with van der Waals surface area (Å²) >= 11 is 10.9. The Bertz CT molecular complexity index is 939. The number of thiocarbonyl (C=S) groups is 1. The summed E-state index contributed by atoms with van der Waals surface area (Å²) in [6.45, 7) is 1.12. The van der Waals surface area contributed by atoms with Crippen LogP contribution in [0.5, 0.6) is 0 Å². The molecule has 3 rings (SSSR count). The molecule has 0 spiro atoms. The van der Waals surface area contributed by atoms with Crippen molar-refractivity contribution < 1.29 is 13.2 Å². The summed E-state index contributed by atoms with van der Waals surface area (Å²) in [4.78, 5) is 12.4. The van der Waals surface area contributed by atoms with E-state index in [2.05, 4.69) is 10.6 Å². The van der Waals surface area contributed by atoms with Gasteiger partial charge < -0.3 is 5.32 Å². The fourth-order valence-corrected chi connectivity index (χ4v) is 4.58. The van der Waals surface area contributed by atoms with Crippen LogP contribution in [-0.4, -0.2) is 36.8 Å². The predicted octanol–water partition coefficient (Wildman–Crippen LogP) is 3.25. The van der Waals surface area contributed by atoms with Crippen molar-refractivity contribution in [2.45, 2.75) is 17.7 Å². The molecule has 0 aromatic heterocycles. The average Bonchev–Trinajstić information content (AvgIpc) is 3.18. The first-order valence-corrected chi connectivity index (χ1v) is 10.6. The second-order valence-electron chi connectivity index (χ2n) is 6.05. The van der Waals surface area contributed by atoms with Crippen LogP contribution in [0.15, 0.2) is 53.4 Å². The van der Waals surface area contributed by atoms with Crippen molar-refractivity contribution in [1.82, 2.24) is 9.62 Å². The molecule has 1 saturated heterocycles. The standard InChI is InChI=1S/C18H18ClN3O3S2/c19-14-5-3-13(4-6-14)17(23)21-18(26)20-15-7-9-16(10-8-15)27(24,25)22-11-1-2-12-22/h3-10H,1-2,11-12H2,(H2,20,21,23,26). The minimum absolute atomic E-state index is 0.116. The molecule has 0 bridgehead atoms. The molecule has 2 aromatic carbocycles. The molecule has 2 aromatic rings. The number of nitrogens with one attached hydrogen (secondary N) is 2. The van der Waals surface area contributed by atoms with Gasteiger partial charge in [-0.05, 0) is 73.6 Å². The number of halogens is 1. The van der Waals surface area contributed by atoms with Crippen LogP contribution in [0.25, 0.3) is 0 Å². The van der Waals surface area contributed by atoms with Gasteiger partial charge in [-0.25, -0.2) is 8.42 Å². The first-order chi connectivity index (χ1) is 12.9. The molecule has 1 aliphatic heterocycles. The van der Waals surface area contributed by atoms with Crippen LogP contribution in [-0.2, 0) is 10.0 Å². The van der Waals surface area contributed by atoms with E-state index in [1.54, 1.807) is 36.4 Å². The van der Waals surface area contributed by atoms with Crippen molar-refractivity contribution in [3.05, 3.63) is 59.1 Å². The number of rotatable bonds is 4. The fraction of sp³-hybridized carbons (Fsp3) is 0.222. The zero-order chi connectivity index (χ0) is 19.4. The molecule has 0 saturated carbocycles. The van der Waals surface area contributed by atoms with E-state index in [4.69, 9.17) is 23.8 Å². The third kappa shape index (κ3) is 4.84. The van der Waals surface area contributed by atoms with E-state index >= 15 is 0 Å². The van der Waals surface area contributed by atoms with Gasteiger partial charge in [-0.3, -0.25) is 10.1 Å². The molecule has 0 aliphatic carbocycles. The Hall–Kier alpha value is -2.00. The van der Waals surface area contributed by atoms with Crippen LogP contribution in [0.1, 0.15) is 23.2 Å². The molecular formula is C18H18ClN3O3S2. The second-order valence-corrected chi connectivity index (χ2v) is 8.83. The van der Waals surface area contributed by atoms with E-state index < -0.39 is 10.0 Å². The first-order valence-electron chi connectivity index (χ1n) is 8.34. The summed E-state index contributed by atoms with van der Waals surface area (Å²) in [5.74, 6) is -0.364. The van der Waals surface area contributed by atoms with E-state index in [0.29, 0.717) is 29.4 Å². The van der Waals surface area contributed by atoms with Gasteiger partial charge in [0.15, 0.2) is 5.11 Å². The molecule has 142 valence electrons. The molecule has 0 atom stereocenters. The molecule has 1 fully saturated rings. The predicted molar refractivity (Wildman–Crippen MR) is 110 cm³/mol. The summed E-state index contributed by atoms with van der Waals surface area (Å²) in [7, 11) is -3.45. The summed E-state index contributed by atoms with van der Waals surface area (Å²) in [6, 6.07) is 12.7. The molecule has 1 amide bonds. The normalized spacial score (nSPS) is 14.7. The van der Waals surface area contributed by atoms with Gasteiger partial charge in [-0.1, -0.05) is 11.6 Å². The van der Waals surface area contributed by atoms with Gasteiger partial charge >= 0.3 is 0 Å². The van der Waals surface area contributed by atoms with Crippen molar-refractivity contribution in [1.29, 1.82) is 0 Å². The molecule has 1 aliphatic rings. The summed E-state index contributed by atoms with van der Waals surface area (Å²) < 4.78 is 26.5. The van der Waals surface area contributed by atoms with Crippen molar-refractivity contribution in [3.8, 4) is 0 Å². The Labute approximate surface area is 168 Å². The van der Waals surface area contributed by atoms with Gasteiger partial charge in [0, 0.05) is 29.4 Å². The van der Waals surface area contributed by atoms with Gasteiger partial charge in [0.05, 0.1) is 4.90 Å². The SMILES string of the molecule is O=C(NC(=S)Nc1ccc(S(=O)(=O)N2CCCC2)cc1)c1ccc(Cl)cc1. The maximum absolute atomic E-state index is 12.5. The third-order valence-corrected chi connectivity index (χ3v) is 6.52. The van der Waals surface area contributed by atoms with Gasteiger partial charge in [0.25, 0.3) is 5.91 Å². The Morgan fingerprint density at radius 2 is 1.59 bits per heavy atom. The Morgan fingerprint density at radius 1 is 1.00 bits per heavy atom. The third-order valence-electron chi connectivity index (χ3n) is 4.15. The number of hydrogen-bond acceptors (Lipinski definition) is 4. The number of amides is 1. The molecule has 2 N–H and O–H groups in total. The van der Waals surface area contributed by atoms with Crippen LogP contribution in [0.3, 0.4) is 0 Å². The number of nitrogens with zero attached hydrogens (tertiary/aromatic N) is 1. The number of hydrogen-bond donors (Lipinski definition) is 2. The van der Waals surface area contributed by atoms with Crippen molar-refractivity contribution in [2.24, 2.45) is 0 Å². The fourth-order valence-electron chi connectivity index (χ4n) is 2.73. The van der Waals surface area contributed by atoms with E-state index in [-0.39, 0.29) is 15.9 Å². The molecule has 1 heterocycles. The summed E-state index contributed by atoms with van der Waals surface area (Å²) in [6.07, 6.45) is 1.78. The Balaban J connectivity index is 1.61. The van der Waals surface area contributed by atoms with Gasteiger partial charge in [0.1, 0.15) is 0 Å². The molecule has 27 heavy (non-hydrogen) atoms. The van der Waals surface area contributed by atoms with Crippen molar-refractivity contribution in [2.75, 3.05) is 18.4 Å². The molecule has 0 radical (unpaired) electrons. The van der Waals surface area contributed by atoms with E-state index in [1.807, 2.05) is 0 Å². The van der Waals surface area contributed by atoms with Crippen LogP contribution in [0.2, 0.25) is 5.02 Å². The zero-order valence-electron chi connectivity index (χ0n) is 14.3. The minimum Gasteiger partial charge on any atom is -0.332 e. The van der Waals surface area contributed by atoms with E-state index in [1.165, 1.54) is 16.4 Å². The lowest BCUT2D eigenvalue weighted by molar-refractivity contribution is 0.0977. The zero-order valence-corrected chi connectivity index (χ0v) is 16.7. The highest BCUT2D eigenvalue weighted by molar-refractivity contribution is 7.89. The second kappa shape index (κ2) is 8.35. The average molecular weight is 424 g/mol. The highest BCUT2D eigenvalue weighted by atomic mass is 35.5. The summed E-state index contributed by atoms with van der Waals surface area (Å²) in [5, 5.41) is 6.09. The maximum Gasteiger partial charge on any atom is 0.257 e. The highest BCUT2D eigenvalue weighted by Crippen LogP contribution is 2.22. The Kier molecular flexibility index (Phi) is 6.11. The number of benzene rings is 2. The topological polar surface area (TPSA) is 78.5 Å². The molecule has 6 nitrogen and oxygen atoms in total. The molecular weight excluding hydrogens is 406 g/mol. The monoisotopic (exact) mass is 423 g/mol.